The number of carbonyl (C=O) groups excluding carboxylic acids is 1. The van der Waals surface area contributed by atoms with Crippen molar-refractivity contribution >= 4 is 5.91 Å². The molecule has 1 amide bonds. The maximum Gasteiger partial charge on any atom is 0.223 e. The van der Waals surface area contributed by atoms with Crippen LogP contribution in [0.2, 0.25) is 0 Å². The molecule has 4 heteroatoms. The molecule has 19 heavy (non-hydrogen) atoms. The van der Waals surface area contributed by atoms with Crippen molar-refractivity contribution in [3.05, 3.63) is 30.1 Å². The highest BCUT2D eigenvalue weighted by molar-refractivity contribution is 5.77. The lowest BCUT2D eigenvalue weighted by Crippen LogP contribution is -2.31. The number of amides is 1. The summed E-state index contributed by atoms with van der Waals surface area (Å²) in [6, 6.07) is 4.26. The molecule has 0 aromatic carbocycles. The first kappa shape index (κ1) is 14.0. The number of aromatic nitrogens is 1. The second-order valence-corrected chi connectivity index (χ2v) is 5.44. The molecule has 1 aromatic heterocycles. The maximum absolute atomic E-state index is 12.3. The van der Waals surface area contributed by atoms with E-state index in [1.54, 1.807) is 6.20 Å². The molecule has 0 unspecified atom stereocenters. The van der Waals surface area contributed by atoms with Gasteiger partial charge in [-0.25, -0.2) is 0 Å². The molecule has 0 spiro atoms. The Labute approximate surface area is 115 Å². The molecule has 0 N–H and O–H groups in total. The zero-order valence-electron chi connectivity index (χ0n) is 11.9. The molecule has 2 rings (SSSR count). The van der Waals surface area contributed by atoms with E-state index in [1.807, 2.05) is 31.3 Å². The van der Waals surface area contributed by atoms with Gasteiger partial charge in [0.25, 0.3) is 0 Å². The summed E-state index contributed by atoms with van der Waals surface area (Å²) < 4.78 is 0. The van der Waals surface area contributed by atoms with Crippen LogP contribution < -0.4 is 0 Å². The molecule has 1 aliphatic heterocycles. The van der Waals surface area contributed by atoms with Crippen LogP contribution in [0, 0.1) is 0 Å². The van der Waals surface area contributed by atoms with Crippen molar-refractivity contribution in [2.45, 2.75) is 31.7 Å². The van der Waals surface area contributed by atoms with Crippen LogP contribution in [0.15, 0.2) is 24.5 Å². The summed E-state index contributed by atoms with van der Waals surface area (Å²) >= 11 is 0. The Morgan fingerprint density at radius 2 is 2.37 bits per heavy atom. The van der Waals surface area contributed by atoms with E-state index in [9.17, 15) is 4.79 Å². The quantitative estimate of drug-likeness (QED) is 0.814. The van der Waals surface area contributed by atoms with Gasteiger partial charge < -0.3 is 9.80 Å². The molecule has 0 radical (unpaired) electrons. The van der Waals surface area contributed by atoms with E-state index in [2.05, 4.69) is 16.0 Å². The topological polar surface area (TPSA) is 36.4 Å². The molecule has 0 aliphatic carbocycles. The summed E-state index contributed by atoms with van der Waals surface area (Å²) in [6.45, 7) is 1.86. The summed E-state index contributed by atoms with van der Waals surface area (Å²) in [5.41, 5.74) is 1.17. The van der Waals surface area contributed by atoms with Crippen molar-refractivity contribution in [1.82, 2.24) is 14.8 Å². The van der Waals surface area contributed by atoms with Crippen molar-refractivity contribution in [2.24, 2.45) is 0 Å². The van der Waals surface area contributed by atoms with Gasteiger partial charge in [0.2, 0.25) is 5.91 Å². The lowest BCUT2D eigenvalue weighted by Gasteiger charge is -2.25. The minimum absolute atomic E-state index is 0.237. The molecular formula is C15H23N3O. The summed E-state index contributed by atoms with van der Waals surface area (Å²) in [5, 5.41) is 0. The molecule has 1 aromatic rings. The van der Waals surface area contributed by atoms with Gasteiger partial charge in [-0.1, -0.05) is 6.07 Å². The third-order valence-electron chi connectivity index (χ3n) is 3.64. The molecule has 4 nitrogen and oxygen atoms in total. The zero-order valence-corrected chi connectivity index (χ0v) is 11.9. The summed E-state index contributed by atoms with van der Waals surface area (Å²) in [5.74, 6) is 0.285. The van der Waals surface area contributed by atoms with Crippen molar-refractivity contribution in [3.8, 4) is 0 Å². The van der Waals surface area contributed by atoms with Crippen LogP contribution in [0.3, 0.4) is 0 Å². The first-order chi connectivity index (χ1) is 9.18. The van der Waals surface area contributed by atoms with E-state index in [0.29, 0.717) is 6.42 Å². The maximum atomic E-state index is 12.3. The van der Waals surface area contributed by atoms with Crippen molar-refractivity contribution < 1.29 is 4.79 Å². The van der Waals surface area contributed by atoms with Crippen LogP contribution in [0.5, 0.6) is 0 Å². The Hall–Kier alpha value is -1.42. The highest BCUT2D eigenvalue weighted by Gasteiger charge is 2.29. The van der Waals surface area contributed by atoms with Gasteiger partial charge in [-0.05, 0) is 51.5 Å². The van der Waals surface area contributed by atoms with Gasteiger partial charge in [-0.3, -0.25) is 9.78 Å². The third kappa shape index (κ3) is 3.77. The largest absolute Gasteiger partial charge is 0.336 e. The second kappa shape index (κ2) is 6.66. The molecule has 104 valence electrons. The van der Waals surface area contributed by atoms with Gasteiger partial charge in [0.05, 0.1) is 6.04 Å². The monoisotopic (exact) mass is 261 g/mol. The number of nitrogens with zero attached hydrogens (tertiary/aromatic N) is 3. The lowest BCUT2D eigenvalue weighted by molar-refractivity contribution is -0.132. The lowest BCUT2D eigenvalue weighted by atomic mass is 10.1. The van der Waals surface area contributed by atoms with Crippen LogP contribution in [0.25, 0.3) is 0 Å². The normalized spacial score (nSPS) is 19.1. The highest BCUT2D eigenvalue weighted by atomic mass is 16.2. The number of pyridine rings is 1. The van der Waals surface area contributed by atoms with Gasteiger partial charge in [0.1, 0.15) is 0 Å². The number of hydrogen-bond acceptors (Lipinski definition) is 3. The third-order valence-corrected chi connectivity index (χ3v) is 3.64. The van der Waals surface area contributed by atoms with Gasteiger partial charge in [-0.15, -0.1) is 0 Å². The summed E-state index contributed by atoms with van der Waals surface area (Å²) in [4.78, 5) is 20.6. The fourth-order valence-electron chi connectivity index (χ4n) is 2.67. The number of carbonyl (C=O) groups is 1. The average molecular weight is 261 g/mol. The average Bonchev–Trinajstić information content (AvgIpc) is 2.88. The summed E-state index contributed by atoms with van der Waals surface area (Å²) in [7, 11) is 4.08. The van der Waals surface area contributed by atoms with E-state index < -0.39 is 0 Å². The summed E-state index contributed by atoms with van der Waals surface area (Å²) in [6.07, 6.45) is 7.40. The smallest absolute Gasteiger partial charge is 0.223 e. The molecule has 1 saturated heterocycles. The highest BCUT2D eigenvalue weighted by Crippen LogP contribution is 2.31. The number of hydrogen-bond donors (Lipinski definition) is 0. The second-order valence-electron chi connectivity index (χ2n) is 5.44. The molecule has 1 atom stereocenters. The van der Waals surface area contributed by atoms with Gasteiger partial charge >= 0.3 is 0 Å². The van der Waals surface area contributed by atoms with E-state index in [0.717, 1.165) is 32.4 Å². The van der Waals surface area contributed by atoms with Crippen LogP contribution in [-0.2, 0) is 4.79 Å². The van der Waals surface area contributed by atoms with Crippen molar-refractivity contribution in [1.29, 1.82) is 0 Å². The Morgan fingerprint density at radius 3 is 3.05 bits per heavy atom. The van der Waals surface area contributed by atoms with Gasteiger partial charge in [0.15, 0.2) is 0 Å². The van der Waals surface area contributed by atoms with E-state index in [1.165, 1.54) is 5.56 Å². The molecule has 0 saturated carbocycles. The molecule has 2 heterocycles. The number of rotatable bonds is 5. The Kier molecular flexibility index (Phi) is 4.91. The van der Waals surface area contributed by atoms with Crippen LogP contribution in [-0.4, -0.2) is 47.9 Å². The number of likely N-dealkylation sites (tertiary alicyclic amines) is 1. The Bertz CT molecular complexity index is 405. The van der Waals surface area contributed by atoms with E-state index in [4.69, 9.17) is 0 Å². The van der Waals surface area contributed by atoms with Crippen molar-refractivity contribution in [2.75, 3.05) is 27.2 Å². The first-order valence-corrected chi connectivity index (χ1v) is 7.02. The van der Waals surface area contributed by atoms with Crippen molar-refractivity contribution in [3.63, 3.8) is 0 Å². The fourth-order valence-corrected chi connectivity index (χ4v) is 2.67. The van der Waals surface area contributed by atoms with Crippen LogP contribution in [0.1, 0.15) is 37.3 Å². The Morgan fingerprint density at radius 1 is 1.53 bits per heavy atom. The molecule has 1 aliphatic rings. The van der Waals surface area contributed by atoms with Crippen LogP contribution in [0.4, 0.5) is 0 Å². The predicted octanol–water partition coefficient (Wildman–Crippen LogP) is 2.09. The fraction of sp³-hybridized carbons (Fsp3) is 0.600. The minimum atomic E-state index is 0.237. The molecule has 1 fully saturated rings. The van der Waals surface area contributed by atoms with E-state index in [-0.39, 0.29) is 11.9 Å². The standard InChI is InChI=1S/C15H23N3O/c1-17(2)10-5-8-15(19)18-11-4-7-14(18)13-6-3-9-16-12-13/h3,6,9,12,14H,4-5,7-8,10-11H2,1-2H3/t14-/m0/s1. The molecular weight excluding hydrogens is 238 g/mol. The minimum Gasteiger partial charge on any atom is -0.336 e. The predicted molar refractivity (Wildman–Crippen MR) is 75.7 cm³/mol. The Balaban J connectivity index is 1.93. The zero-order chi connectivity index (χ0) is 13.7. The van der Waals surface area contributed by atoms with Gasteiger partial charge in [-0.2, -0.15) is 0 Å². The molecule has 0 bridgehead atoms. The van der Waals surface area contributed by atoms with Crippen LogP contribution >= 0.6 is 0 Å². The van der Waals surface area contributed by atoms with Gasteiger partial charge in [0, 0.05) is 25.4 Å². The SMILES string of the molecule is CN(C)CCCC(=O)N1CCC[C@H]1c1cccnc1. The first-order valence-electron chi connectivity index (χ1n) is 7.02. The van der Waals surface area contributed by atoms with E-state index >= 15 is 0 Å².